The first kappa shape index (κ1) is 37.0. The summed E-state index contributed by atoms with van der Waals surface area (Å²) in [7, 11) is 0. The zero-order valence-electron chi connectivity index (χ0n) is 28.8. The number of hydrogen-bond acceptors (Lipinski definition) is 10. The molecule has 7 rings (SSSR count). The van der Waals surface area contributed by atoms with Crippen molar-refractivity contribution in [1.82, 2.24) is 29.8 Å². The van der Waals surface area contributed by atoms with Gasteiger partial charge in [-0.3, -0.25) is 0 Å². The van der Waals surface area contributed by atoms with Crippen LogP contribution in [0.4, 0.5) is 13.2 Å². The zero-order chi connectivity index (χ0) is 37.6. The van der Waals surface area contributed by atoms with Gasteiger partial charge in [0.2, 0.25) is 0 Å². The lowest BCUT2D eigenvalue weighted by Gasteiger charge is -2.49. The number of aromatic nitrogens is 6. The van der Waals surface area contributed by atoms with Crippen LogP contribution in [-0.2, 0) is 28.5 Å². The van der Waals surface area contributed by atoms with Crippen LogP contribution in [0.1, 0.15) is 56.4 Å². The van der Waals surface area contributed by atoms with Gasteiger partial charge >= 0.3 is 5.97 Å². The summed E-state index contributed by atoms with van der Waals surface area (Å²) in [6.45, 7) is 6.36. The number of benzene rings is 3. The summed E-state index contributed by atoms with van der Waals surface area (Å²) in [4.78, 5) is 17.8. The van der Waals surface area contributed by atoms with Crippen molar-refractivity contribution in [2.24, 2.45) is 0 Å². The van der Waals surface area contributed by atoms with Crippen LogP contribution in [0.25, 0.3) is 16.9 Å². The molecule has 3 aromatic carbocycles. The standard InChI is InChI=1S/C36H33Cl2F3N6O6/c1-18-42-34(47(44-18)26-14-21(37)10-11-22(26)38)33-32(49-17-28(48)53-36(2,3)4)30(31-27(51-33)16-50-35(52-31)19-8-6-5-7-9-19)46-15-25(43-45-46)20-12-23(39)29(41)24(40)13-20/h5-15,27,30-33,35H,16-17H2,1-4H3/t27-,30+,31+,32-,33-,35+/m1/s1. The molecule has 0 N–H and O–H groups in total. The molecule has 2 aliphatic rings. The number of rotatable bonds is 8. The molecule has 0 radical (unpaired) electrons. The van der Waals surface area contributed by atoms with E-state index >= 15 is 0 Å². The van der Waals surface area contributed by atoms with Crippen molar-refractivity contribution in [3.63, 3.8) is 0 Å². The van der Waals surface area contributed by atoms with E-state index in [1.54, 1.807) is 45.9 Å². The average Bonchev–Trinajstić information content (AvgIpc) is 3.76. The minimum Gasteiger partial charge on any atom is -0.458 e. The van der Waals surface area contributed by atoms with Crippen LogP contribution in [0.3, 0.4) is 0 Å². The first-order valence-electron chi connectivity index (χ1n) is 16.5. The van der Waals surface area contributed by atoms with E-state index in [1.165, 1.54) is 15.6 Å². The number of halogens is 5. The number of fused-ring (bicyclic) bond motifs is 1. The van der Waals surface area contributed by atoms with Crippen LogP contribution in [0.2, 0.25) is 10.0 Å². The third kappa shape index (κ3) is 7.81. The maximum atomic E-state index is 14.3. The Kier molecular flexibility index (Phi) is 10.3. The first-order chi connectivity index (χ1) is 25.3. The number of carbonyl (C=O) groups is 1. The second kappa shape index (κ2) is 14.8. The summed E-state index contributed by atoms with van der Waals surface area (Å²) >= 11 is 13.0. The monoisotopic (exact) mass is 772 g/mol. The third-order valence-electron chi connectivity index (χ3n) is 8.46. The fraction of sp³-hybridized carbons (Fsp3) is 0.361. The van der Waals surface area contributed by atoms with Gasteiger partial charge in [0.25, 0.3) is 0 Å². The summed E-state index contributed by atoms with van der Waals surface area (Å²) in [5, 5.41) is 13.8. The lowest BCUT2D eigenvalue weighted by molar-refractivity contribution is -0.322. The molecule has 0 bridgehead atoms. The molecule has 0 spiro atoms. The Morgan fingerprint density at radius 3 is 2.47 bits per heavy atom. The molecule has 2 aromatic heterocycles. The Morgan fingerprint density at radius 2 is 1.75 bits per heavy atom. The van der Waals surface area contributed by atoms with Crippen molar-refractivity contribution in [2.45, 2.75) is 70.0 Å². The molecule has 4 heterocycles. The van der Waals surface area contributed by atoms with E-state index in [9.17, 15) is 18.0 Å². The predicted octanol–water partition coefficient (Wildman–Crippen LogP) is 7.08. The fourth-order valence-corrected chi connectivity index (χ4v) is 6.67. The molecule has 17 heteroatoms. The average molecular weight is 774 g/mol. The molecular weight excluding hydrogens is 740 g/mol. The van der Waals surface area contributed by atoms with Crippen LogP contribution in [-0.4, -0.2) is 72.9 Å². The highest BCUT2D eigenvalue weighted by atomic mass is 35.5. The number of hydrogen-bond donors (Lipinski definition) is 0. The molecule has 2 saturated heterocycles. The van der Waals surface area contributed by atoms with E-state index in [0.29, 0.717) is 21.6 Å². The van der Waals surface area contributed by atoms with Crippen molar-refractivity contribution in [3.05, 3.63) is 112 Å². The maximum Gasteiger partial charge on any atom is 0.332 e. The zero-order valence-corrected chi connectivity index (χ0v) is 30.3. The van der Waals surface area contributed by atoms with Crippen LogP contribution in [0.15, 0.2) is 66.9 Å². The van der Waals surface area contributed by atoms with Crippen LogP contribution in [0.5, 0.6) is 0 Å². The van der Waals surface area contributed by atoms with Crippen molar-refractivity contribution >= 4 is 29.2 Å². The number of aryl methyl sites for hydroxylation is 1. The molecular formula is C36H33Cl2F3N6O6. The van der Waals surface area contributed by atoms with Gasteiger partial charge in [-0.1, -0.05) is 58.7 Å². The number of esters is 1. The smallest absolute Gasteiger partial charge is 0.332 e. The van der Waals surface area contributed by atoms with Gasteiger partial charge in [0.1, 0.15) is 54.2 Å². The second-order valence-corrected chi connectivity index (χ2v) is 14.3. The molecule has 0 amide bonds. The summed E-state index contributed by atoms with van der Waals surface area (Å²) in [5.74, 6) is -4.49. The number of ether oxygens (including phenoxy) is 5. The molecule has 2 aliphatic heterocycles. The van der Waals surface area contributed by atoms with E-state index in [2.05, 4.69) is 15.4 Å². The minimum atomic E-state index is -1.62. The predicted molar refractivity (Wildman–Crippen MR) is 184 cm³/mol. The highest BCUT2D eigenvalue weighted by Gasteiger charge is 2.54. The number of carbonyl (C=O) groups excluding carboxylic acids is 1. The SMILES string of the molecule is Cc1nc([C@@H]2O[C@@H]3CO[C@H](c4ccccc4)O[C@@H]3[C@H](n3cc(-c4cc(F)c(F)c(F)c4)nn3)[C@H]2OCC(=O)OC(C)(C)C)n(-c2cc(Cl)ccc2Cl)n1. The summed E-state index contributed by atoms with van der Waals surface area (Å²) in [5.41, 5.74) is 0.248. The second-order valence-electron chi connectivity index (χ2n) is 13.5. The topological polar surface area (TPSA) is 125 Å². The van der Waals surface area contributed by atoms with E-state index in [-0.39, 0.29) is 23.7 Å². The van der Waals surface area contributed by atoms with Gasteiger partial charge < -0.3 is 23.7 Å². The molecule has 278 valence electrons. The Hall–Kier alpha value is -4.38. The van der Waals surface area contributed by atoms with Crippen LogP contribution in [0, 0.1) is 24.4 Å². The molecule has 5 aromatic rings. The molecule has 53 heavy (non-hydrogen) atoms. The van der Waals surface area contributed by atoms with Crippen molar-refractivity contribution < 1.29 is 41.7 Å². The normalized spacial score (nSPS) is 23.1. The molecule has 2 fully saturated rings. The quantitative estimate of drug-likeness (QED) is 0.119. The summed E-state index contributed by atoms with van der Waals surface area (Å²) in [6, 6.07) is 14.7. The van der Waals surface area contributed by atoms with Crippen molar-refractivity contribution in [2.75, 3.05) is 13.2 Å². The lowest BCUT2D eigenvalue weighted by atomic mass is 9.90. The van der Waals surface area contributed by atoms with E-state index < -0.39 is 72.4 Å². The van der Waals surface area contributed by atoms with Gasteiger partial charge in [-0.05, 0) is 58.0 Å². The van der Waals surface area contributed by atoms with E-state index in [0.717, 1.165) is 17.7 Å². The lowest BCUT2D eigenvalue weighted by Crippen LogP contribution is -2.58. The van der Waals surface area contributed by atoms with Gasteiger partial charge in [-0.2, -0.15) is 5.10 Å². The first-order valence-corrected chi connectivity index (χ1v) is 17.3. The largest absolute Gasteiger partial charge is 0.458 e. The maximum absolute atomic E-state index is 14.3. The Labute approximate surface area is 311 Å². The third-order valence-corrected chi connectivity index (χ3v) is 9.02. The Morgan fingerprint density at radius 1 is 1.02 bits per heavy atom. The Balaban J connectivity index is 1.36. The van der Waals surface area contributed by atoms with Crippen molar-refractivity contribution in [1.29, 1.82) is 0 Å². The summed E-state index contributed by atoms with van der Waals surface area (Å²) < 4.78 is 76.8. The van der Waals surface area contributed by atoms with Gasteiger partial charge in [0.15, 0.2) is 29.6 Å². The van der Waals surface area contributed by atoms with Gasteiger partial charge in [0, 0.05) is 16.1 Å². The van der Waals surface area contributed by atoms with Gasteiger partial charge in [-0.15, -0.1) is 5.10 Å². The molecule has 0 aliphatic carbocycles. The van der Waals surface area contributed by atoms with Gasteiger partial charge in [-0.25, -0.2) is 32.3 Å². The highest BCUT2D eigenvalue weighted by molar-refractivity contribution is 6.34. The molecule has 12 nitrogen and oxygen atoms in total. The fourth-order valence-electron chi connectivity index (χ4n) is 6.31. The minimum absolute atomic E-state index is 0.0182. The molecule has 0 saturated carbocycles. The Bertz CT molecular complexity index is 2110. The highest BCUT2D eigenvalue weighted by Crippen LogP contribution is 2.46. The molecule has 6 atom stereocenters. The molecule has 0 unspecified atom stereocenters. The summed E-state index contributed by atoms with van der Waals surface area (Å²) in [6.07, 6.45) is -3.34. The van der Waals surface area contributed by atoms with E-state index in [4.69, 9.17) is 51.9 Å². The van der Waals surface area contributed by atoms with Gasteiger partial charge in [0.05, 0.1) is 23.5 Å². The van der Waals surface area contributed by atoms with Crippen LogP contribution < -0.4 is 0 Å². The van der Waals surface area contributed by atoms with Crippen LogP contribution >= 0.6 is 23.2 Å². The number of nitrogens with zero attached hydrogens (tertiary/aromatic N) is 6. The van der Waals surface area contributed by atoms with E-state index in [1.807, 2.05) is 30.3 Å². The van der Waals surface area contributed by atoms with Crippen molar-refractivity contribution in [3.8, 4) is 16.9 Å².